The number of rotatable bonds is 21. The van der Waals surface area contributed by atoms with E-state index in [4.69, 9.17) is 31.5 Å². The summed E-state index contributed by atoms with van der Waals surface area (Å²) in [5.41, 5.74) is 6.23. The van der Waals surface area contributed by atoms with Crippen molar-refractivity contribution in [3.05, 3.63) is 96.1 Å². The SMILES string of the molecule is CCCCCCCC(CCCC)OC(=O)N(C(=O)C(Cl)(C(=O)c1ccc(OC)cc1)N1C(=O)C(OCCN)N(Cc2ccccc2)C1=O)c1ccccc1. The van der Waals surface area contributed by atoms with Crippen LogP contribution in [-0.4, -0.2) is 77.1 Å². The lowest BCUT2D eigenvalue weighted by Crippen LogP contribution is -2.64. The summed E-state index contributed by atoms with van der Waals surface area (Å²) in [4.78, 5) is 72.1. The molecule has 0 aliphatic carbocycles. The molecule has 1 heterocycles. The van der Waals surface area contributed by atoms with Crippen molar-refractivity contribution >= 4 is 47.0 Å². The number of carbonyl (C=O) groups excluding carboxylic acids is 5. The van der Waals surface area contributed by atoms with Gasteiger partial charge in [-0.3, -0.25) is 19.3 Å². The number of nitrogens with two attached hydrogens (primary N) is 1. The van der Waals surface area contributed by atoms with Crippen molar-refractivity contribution in [2.45, 2.75) is 95.5 Å². The number of urea groups is 1. The Morgan fingerprint density at radius 2 is 1.46 bits per heavy atom. The molecule has 54 heavy (non-hydrogen) atoms. The second-order valence-corrected chi connectivity index (χ2v) is 13.6. The third-order valence-electron chi connectivity index (χ3n) is 9.16. The second kappa shape index (κ2) is 20.6. The minimum Gasteiger partial charge on any atom is -0.497 e. The van der Waals surface area contributed by atoms with Crippen molar-refractivity contribution in [2.75, 3.05) is 25.2 Å². The number of hydrogen-bond donors (Lipinski definition) is 1. The number of unbranched alkanes of at least 4 members (excludes halogenated alkanes) is 5. The van der Waals surface area contributed by atoms with Crippen molar-refractivity contribution in [2.24, 2.45) is 5.73 Å². The number of ether oxygens (including phenoxy) is 3. The first-order valence-corrected chi connectivity index (χ1v) is 19.0. The summed E-state index contributed by atoms with van der Waals surface area (Å²) in [6.45, 7) is 3.92. The van der Waals surface area contributed by atoms with Crippen molar-refractivity contribution in [1.82, 2.24) is 9.80 Å². The molecule has 0 spiro atoms. The van der Waals surface area contributed by atoms with Crippen LogP contribution in [0.4, 0.5) is 15.3 Å². The van der Waals surface area contributed by atoms with Crippen LogP contribution in [0.3, 0.4) is 0 Å². The van der Waals surface area contributed by atoms with Crippen LogP contribution in [0.15, 0.2) is 84.9 Å². The van der Waals surface area contributed by atoms with E-state index in [9.17, 15) is 19.2 Å². The molecule has 290 valence electrons. The highest BCUT2D eigenvalue weighted by molar-refractivity contribution is 6.53. The predicted octanol–water partition coefficient (Wildman–Crippen LogP) is 7.67. The maximum absolute atomic E-state index is 15.2. The Morgan fingerprint density at radius 3 is 2.07 bits per heavy atom. The van der Waals surface area contributed by atoms with Gasteiger partial charge in [0.25, 0.3) is 16.8 Å². The van der Waals surface area contributed by atoms with E-state index in [0.29, 0.717) is 34.0 Å². The van der Waals surface area contributed by atoms with Crippen molar-refractivity contribution in [3.63, 3.8) is 0 Å². The summed E-state index contributed by atoms with van der Waals surface area (Å²) in [5, 5.41) is 0. The number of methoxy groups -OCH3 is 1. The van der Waals surface area contributed by atoms with Gasteiger partial charge in [-0.15, -0.1) is 0 Å². The molecule has 1 saturated heterocycles. The number of hydrogen-bond acceptors (Lipinski definition) is 9. The summed E-state index contributed by atoms with van der Waals surface area (Å²) >= 11 is 7.25. The number of Topliss-reactive ketones (excluding diaryl/α,β-unsaturated/α-hetero) is 1. The molecule has 5 amide bonds. The van der Waals surface area contributed by atoms with Gasteiger partial charge in [-0.1, -0.05) is 113 Å². The zero-order valence-corrected chi connectivity index (χ0v) is 32.0. The monoisotopic (exact) mass is 762 g/mol. The van der Waals surface area contributed by atoms with E-state index in [0.717, 1.165) is 49.8 Å². The molecule has 3 aromatic rings. The highest BCUT2D eigenvalue weighted by Gasteiger charge is 2.63. The molecule has 0 radical (unpaired) electrons. The molecule has 1 aliphatic rings. The van der Waals surface area contributed by atoms with Crippen LogP contribution in [0.1, 0.15) is 87.6 Å². The van der Waals surface area contributed by atoms with Crippen LogP contribution in [0.2, 0.25) is 0 Å². The molecule has 3 unspecified atom stereocenters. The first kappa shape index (κ1) is 42.0. The van der Waals surface area contributed by atoms with E-state index in [1.54, 1.807) is 48.5 Å². The number of carbonyl (C=O) groups is 5. The molecule has 0 bridgehead atoms. The maximum atomic E-state index is 15.2. The van der Waals surface area contributed by atoms with E-state index in [-0.39, 0.29) is 30.9 Å². The average Bonchev–Trinajstić information content (AvgIpc) is 3.43. The van der Waals surface area contributed by atoms with Crippen LogP contribution in [0.25, 0.3) is 0 Å². The first-order chi connectivity index (χ1) is 26.1. The van der Waals surface area contributed by atoms with Gasteiger partial charge in [0.05, 0.1) is 25.9 Å². The molecule has 1 aliphatic heterocycles. The Hall–Kier alpha value is -4.78. The number of amides is 5. The van der Waals surface area contributed by atoms with Gasteiger partial charge in [0.1, 0.15) is 11.9 Å². The van der Waals surface area contributed by atoms with Crippen LogP contribution in [0, 0.1) is 0 Å². The van der Waals surface area contributed by atoms with E-state index in [1.165, 1.54) is 43.5 Å². The minimum absolute atomic E-state index is 0.0122. The molecule has 0 saturated carbocycles. The van der Waals surface area contributed by atoms with Crippen molar-refractivity contribution < 1.29 is 38.2 Å². The van der Waals surface area contributed by atoms with Gasteiger partial charge in [-0.2, -0.15) is 0 Å². The summed E-state index contributed by atoms with van der Waals surface area (Å²) in [6, 6.07) is 21.2. The quantitative estimate of drug-likeness (QED) is 0.0288. The molecule has 12 nitrogen and oxygen atoms in total. The molecular formula is C41H51ClN4O8. The third kappa shape index (κ3) is 10.0. The fourth-order valence-electron chi connectivity index (χ4n) is 6.25. The minimum atomic E-state index is -3.12. The lowest BCUT2D eigenvalue weighted by atomic mass is 10.00. The van der Waals surface area contributed by atoms with Gasteiger partial charge in [0, 0.05) is 12.1 Å². The van der Waals surface area contributed by atoms with Crippen molar-refractivity contribution in [3.8, 4) is 5.75 Å². The number of alkyl halides is 1. The van der Waals surface area contributed by atoms with Gasteiger partial charge < -0.3 is 19.9 Å². The molecule has 3 atom stereocenters. The number of benzene rings is 3. The van der Waals surface area contributed by atoms with Gasteiger partial charge in [0.15, 0.2) is 0 Å². The highest BCUT2D eigenvalue weighted by atomic mass is 35.5. The van der Waals surface area contributed by atoms with Crippen LogP contribution in [-0.2, 0) is 25.6 Å². The number of para-hydroxylation sites is 1. The molecule has 2 N–H and O–H groups in total. The summed E-state index contributed by atoms with van der Waals surface area (Å²) in [5.74, 6) is -3.19. The lowest BCUT2D eigenvalue weighted by molar-refractivity contribution is -0.145. The van der Waals surface area contributed by atoms with Crippen molar-refractivity contribution in [1.29, 1.82) is 0 Å². The van der Waals surface area contributed by atoms with E-state index in [1.807, 2.05) is 6.92 Å². The van der Waals surface area contributed by atoms with Crippen LogP contribution >= 0.6 is 11.6 Å². The first-order valence-electron chi connectivity index (χ1n) is 18.6. The topological polar surface area (TPSA) is 149 Å². The Bertz CT molecular complexity index is 1690. The lowest BCUT2D eigenvalue weighted by Gasteiger charge is -2.35. The normalized spacial score (nSPS) is 15.8. The van der Waals surface area contributed by atoms with Crippen LogP contribution in [0.5, 0.6) is 5.75 Å². The molecule has 3 aromatic carbocycles. The van der Waals surface area contributed by atoms with Gasteiger partial charge in [0.2, 0.25) is 12.0 Å². The number of halogens is 1. The Kier molecular flexibility index (Phi) is 16.0. The maximum Gasteiger partial charge on any atom is 0.421 e. The Labute approximate surface area is 322 Å². The van der Waals surface area contributed by atoms with Gasteiger partial charge >= 0.3 is 12.1 Å². The summed E-state index contributed by atoms with van der Waals surface area (Å²) in [7, 11) is 1.44. The Morgan fingerprint density at radius 1 is 0.852 bits per heavy atom. The fraction of sp³-hybridized carbons (Fsp3) is 0.439. The van der Waals surface area contributed by atoms with Gasteiger partial charge in [-0.05, 0) is 61.2 Å². The zero-order valence-electron chi connectivity index (χ0n) is 31.3. The smallest absolute Gasteiger partial charge is 0.421 e. The summed E-state index contributed by atoms with van der Waals surface area (Å²) in [6.07, 6.45) is 4.57. The number of ketones is 1. The predicted molar refractivity (Wildman–Crippen MR) is 206 cm³/mol. The molecule has 0 aromatic heterocycles. The largest absolute Gasteiger partial charge is 0.497 e. The highest BCUT2D eigenvalue weighted by Crippen LogP contribution is 2.38. The average molecular weight is 763 g/mol. The summed E-state index contributed by atoms with van der Waals surface area (Å²) < 4.78 is 17.1. The third-order valence-corrected chi connectivity index (χ3v) is 9.66. The standard InChI is InChI=1S/C41H51ClN4O8/c1-4-6-8-9-16-22-34(21-7-5-2)54-40(51)45(32-19-14-11-15-20-32)38(49)41(42,35(47)31-23-25-33(52-3)26-24-31)46-36(48)37(53-28-27-43)44(39(46)50)29-30-17-12-10-13-18-30/h10-15,17-20,23-26,34,37H,4-9,16,21-22,27-29,43H2,1-3H3. The van der Waals surface area contributed by atoms with E-state index < -0.39 is 47.1 Å². The van der Waals surface area contributed by atoms with Crippen LogP contribution < -0.4 is 15.4 Å². The number of nitrogens with zero attached hydrogens (tertiary/aromatic N) is 3. The number of imide groups is 2. The zero-order chi connectivity index (χ0) is 39.1. The van der Waals surface area contributed by atoms with E-state index in [2.05, 4.69) is 6.92 Å². The second-order valence-electron chi connectivity index (χ2n) is 13.1. The molecule has 1 fully saturated rings. The Balaban J connectivity index is 1.83. The fourth-order valence-corrected chi connectivity index (χ4v) is 6.59. The molecular weight excluding hydrogens is 712 g/mol. The molecule has 13 heteroatoms. The van der Waals surface area contributed by atoms with Gasteiger partial charge in [-0.25, -0.2) is 19.4 Å². The molecule has 4 rings (SSSR count). The number of anilines is 1. The van der Waals surface area contributed by atoms with E-state index >= 15 is 4.79 Å².